The van der Waals surface area contributed by atoms with Gasteiger partial charge in [-0.05, 0) is 36.2 Å². The molecule has 11 nitrogen and oxygen atoms in total. The van der Waals surface area contributed by atoms with E-state index in [2.05, 4.69) is 25.7 Å². The van der Waals surface area contributed by atoms with Gasteiger partial charge in [0.15, 0.2) is 11.4 Å². The van der Waals surface area contributed by atoms with Crippen LogP contribution in [-0.2, 0) is 11.3 Å². The van der Waals surface area contributed by atoms with Gasteiger partial charge in [-0.2, -0.15) is 5.10 Å². The molecule has 0 atom stereocenters. The Labute approximate surface area is 215 Å². The molecule has 0 aliphatic carbocycles. The van der Waals surface area contributed by atoms with Crippen LogP contribution in [0.4, 0.5) is 25.1 Å². The largest absolute Gasteiger partial charge is 0.449 e. The molecule has 13 heteroatoms. The minimum absolute atomic E-state index is 0.0497. The van der Waals surface area contributed by atoms with Crippen molar-refractivity contribution in [1.82, 2.24) is 19.7 Å². The van der Waals surface area contributed by atoms with E-state index in [1.54, 1.807) is 30.3 Å². The van der Waals surface area contributed by atoms with Crippen molar-refractivity contribution in [3.8, 4) is 17.1 Å². The lowest BCUT2D eigenvalue weighted by Crippen LogP contribution is -2.15. The van der Waals surface area contributed by atoms with Crippen LogP contribution < -0.4 is 10.6 Å². The summed E-state index contributed by atoms with van der Waals surface area (Å²) in [4.78, 5) is 32.8. The van der Waals surface area contributed by atoms with Crippen LogP contribution in [0.2, 0.25) is 0 Å². The average Bonchev–Trinajstić information content (AvgIpc) is 3.57. The van der Waals surface area contributed by atoms with E-state index in [4.69, 9.17) is 9.15 Å². The number of anilines is 2. The van der Waals surface area contributed by atoms with Crippen LogP contribution in [0.25, 0.3) is 17.1 Å². The molecule has 3 heterocycles. The Bertz CT molecular complexity index is 1400. The molecule has 2 amide bonds. The second-order valence-electron chi connectivity index (χ2n) is 8.03. The maximum Gasteiger partial charge on any atom is 0.412 e. The lowest BCUT2D eigenvalue weighted by Gasteiger charge is -2.06. The fourth-order valence-electron chi connectivity index (χ4n) is 3.31. The van der Waals surface area contributed by atoms with Gasteiger partial charge in [-0.1, -0.05) is 25.5 Å². The highest BCUT2D eigenvalue weighted by Gasteiger charge is 2.23. The van der Waals surface area contributed by atoms with Gasteiger partial charge in [0.05, 0.1) is 30.8 Å². The van der Waals surface area contributed by atoms with E-state index in [-0.39, 0.29) is 36.3 Å². The number of benzene rings is 1. The smallest absolute Gasteiger partial charge is 0.412 e. The first-order chi connectivity index (χ1) is 18.4. The first kappa shape index (κ1) is 26.4. The predicted octanol–water partition coefficient (Wildman–Crippen LogP) is 4.95. The third-order valence-electron chi connectivity index (χ3n) is 5.29. The summed E-state index contributed by atoms with van der Waals surface area (Å²) in [6, 6.07) is 9.50. The third-order valence-corrected chi connectivity index (χ3v) is 5.29. The number of alkyl halides is 2. The number of halogens is 2. The van der Waals surface area contributed by atoms with Crippen molar-refractivity contribution < 1.29 is 32.6 Å². The number of carbonyl (C=O) groups excluding carboxylic acids is 2. The fraction of sp³-hybridized carbons (Fsp3) is 0.240. The molecular weight excluding hydrogens is 502 g/mol. The van der Waals surface area contributed by atoms with Crippen molar-refractivity contribution in [2.75, 3.05) is 17.2 Å². The maximum absolute atomic E-state index is 13.6. The van der Waals surface area contributed by atoms with Crippen LogP contribution in [0.3, 0.4) is 0 Å². The van der Waals surface area contributed by atoms with Crippen molar-refractivity contribution in [3.63, 3.8) is 0 Å². The molecule has 0 fully saturated rings. The van der Waals surface area contributed by atoms with Crippen molar-refractivity contribution in [2.24, 2.45) is 0 Å². The zero-order chi connectivity index (χ0) is 27.1. The standard InChI is InChI=1S/C25H24F2N6O5/c1-2-3-10-37-25(36)31-20-11-16(8-9-28-20)24-30-19(14-38-24)23(35)29-18-12-33(32-21(18)22(26)27)17-6-4-15(13-34)5-7-17/h4-9,11-12,14,22,34H,2-3,10,13H2,1H3,(H,29,35)(H,28,31,36). The second-order valence-corrected chi connectivity index (χ2v) is 8.03. The topological polar surface area (TPSA) is 144 Å². The number of nitrogens with zero attached hydrogens (tertiary/aromatic N) is 4. The summed E-state index contributed by atoms with van der Waals surface area (Å²) in [6.45, 7) is 2.09. The lowest BCUT2D eigenvalue weighted by atomic mass is 10.2. The number of unbranched alkanes of at least 4 members (excludes halogenated alkanes) is 1. The molecule has 0 saturated carbocycles. The molecule has 0 spiro atoms. The van der Waals surface area contributed by atoms with Crippen LogP contribution in [0, 0.1) is 0 Å². The minimum atomic E-state index is -2.95. The van der Waals surface area contributed by atoms with E-state index in [1.165, 1.54) is 23.1 Å². The molecule has 0 unspecified atom stereocenters. The molecule has 0 aliphatic rings. The van der Waals surface area contributed by atoms with Crippen LogP contribution >= 0.6 is 0 Å². The van der Waals surface area contributed by atoms with Gasteiger partial charge in [-0.3, -0.25) is 10.1 Å². The number of ether oxygens (including phenoxy) is 1. The van der Waals surface area contributed by atoms with Crippen molar-refractivity contribution in [1.29, 1.82) is 0 Å². The molecule has 198 valence electrons. The van der Waals surface area contributed by atoms with Gasteiger partial charge in [0.1, 0.15) is 12.1 Å². The number of hydrogen-bond acceptors (Lipinski definition) is 8. The number of rotatable bonds is 10. The Balaban J connectivity index is 1.48. The van der Waals surface area contributed by atoms with Gasteiger partial charge >= 0.3 is 6.09 Å². The van der Waals surface area contributed by atoms with Crippen LogP contribution in [0.5, 0.6) is 0 Å². The molecule has 3 aromatic heterocycles. The van der Waals surface area contributed by atoms with Crippen LogP contribution in [-0.4, -0.2) is 43.5 Å². The summed E-state index contributed by atoms with van der Waals surface area (Å²) in [5.41, 5.74) is 0.543. The average molecular weight is 527 g/mol. The van der Waals surface area contributed by atoms with E-state index in [0.29, 0.717) is 16.8 Å². The molecule has 0 bridgehead atoms. The van der Waals surface area contributed by atoms with Gasteiger partial charge in [0.25, 0.3) is 12.3 Å². The van der Waals surface area contributed by atoms with Gasteiger partial charge in [0.2, 0.25) is 5.89 Å². The van der Waals surface area contributed by atoms with Crippen LogP contribution in [0.1, 0.15) is 47.9 Å². The number of aromatic nitrogens is 4. The van der Waals surface area contributed by atoms with Crippen LogP contribution in [0.15, 0.2) is 59.5 Å². The number of aliphatic hydroxyl groups is 1. The SMILES string of the molecule is CCCCOC(=O)Nc1cc(-c2nc(C(=O)Nc3cn(-c4ccc(CO)cc4)nc3C(F)F)co2)ccn1. The second kappa shape index (κ2) is 12.1. The summed E-state index contributed by atoms with van der Waals surface area (Å²) in [5, 5.41) is 18.0. The predicted molar refractivity (Wildman–Crippen MR) is 132 cm³/mol. The van der Waals surface area contributed by atoms with Gasteiger partial charge in [-0.15, -0.1) is 0 Å². The number of hydrogen-bond donors (Lipinski definition) is 3. The van der Waals surface area contributed by atoms with E-state index in [9.17, 15) is 23.5 Å². The molecule has 4 rings (SSSR count). The first-order valence-electron chi connectivity index (χ1n) is 11.6. The summed E-state index contributed by atoms with van der Waals surface area (Å²) >= 11 is 0. The Kier molecular flexibility index (Phi) is 8.38. The molecule has 38 heavy (non-hydrogen) atoms. The van der Waals surface area contributed by atoms with Crippen molar-refractivity contribution >= 4 is 23.5 Å². The number of nitrogens with one attached hydrogen (secondary N) is 2. The molecule has 3 N–H and O–H groups in total. The van der Waals surface area contributed by atoms with Gasteiger partial charge < -0.3 is 19.6 Å². The monoisotopic (exact) mass is 526 g/mol. The fourth-order valence-corrected chi connectivity index (χ4v) is 3.31. The molecule has 1 aromatic carbocycles. The molecule has 0 aliphatic heterocycles. The van der Waals surface area contributed by atoms with E-state index in [0.717, 1.165) is 19.1 Å². The third kappa shape index (κ3) is 6.37. The Morgan fingerprint density at radius 2 is 1.97 bits per heavy atom. The number of oxazole rings is 1. The quantitative estimate of drug-likeness (QED) is 0.246. The van der Waals surface area contributed by atoms with E-state index >= 15 is 0 Å². The zero-order valence-electron chi connectivity index (χ0n) is 20.2. The molecule has 0 saturated heterocycles. The Hall–Kier alpha value is -4.65. The summed E-state index contributed by atoms with van der Waals surface area (Å²) in [6.07, 6.45) is 1.76. The summed E-state index contributed by atoms with van der Waals surface area (Å²) in [5.74, 6) is -0.549. The van der Waals surface area contributed by atoms with Gasteiger partial charge in [0, 0.05) is 11.8 Å². The highest BCUT2D eigenvalue weighted by molar-refractivity contribution is 6.03. The first-order valence-corrected chi connectivity index (χ1v) is 11.6. The maximum atomic E-state index is 13.6. The highest BCUT2D eigenvalue weighted by atomic mass is 19.3. The lowest BCUT2D eigenvalue weighted by molar-refractivity contribution is 0.102. The molecule has 4 aromatic rings. The summed E-state index contributed by atoms with van der Waals surface area (Å²) < 4.78 is 38.9. The normalized spacial score (nSPS) is 11.0. The summed E-state index contributed by atoms with van der Waals surface area (Å²) in [7, 11) is 0. The Morgan fingerprint density at radius 1 is 1.18 bits per heavy atom. The number of carbonyl (C=O) groups is 2. The van der Waals surface area contributed by atoms with Gasteiger partial charge in [-0.25, -0.2) is 28.2 Å². The number of aliphatic hydroxyl groups excluding tert-OH is 1. The number of amides is 2. The van der Waals surface area contributed by atoms with E-state index < -0.39 is 24.1 Å². The Morgan fingerprint density at radius 3 is 2.68 bits per heavy atom. The molecular formula is C25H24F2N6O5. The minimum Gasteiger partial charge on any atom is -0.449 e. The van der Waals surface area contributed by atoms with Crippen molar-refractivity contribution in [2.45, 2.75) is 32.8 Å². The van der Waals surface area contributed by atoms with Crippen molar-refractivity contribution in [3.05, 3.63) is 72.0 Å². The van der Waals surface area contributed by atoms with E-state index in [1.807, 2.05) is 6.92 Å². The zero-order valence-corrected chi connectivity index (χ0v) is 20.2. The molecule has 0 radical (unpaired) electrons. The highest BCUT2D eigenvalue weighted by Crippen LogP contribution is 2.28. The number of pyridine rings is 1.